The molecule has 0 N–H and O–H groups in total. The number of hydrogen-bond acceptors (Lipinski definition) is 2. The van der Waals surface area contributed by atoms with Crippen LogP contribution in [0.4, 0.5) is 0 Å². The summed E-state index contributed by atoms with van der Waals surface area (Å²) in [6.07, 6.45) is 0. The third kappa shape index (κ3) is 3.62. The average molecular weight is 510 g/mol. The van der Waals surface area contributed by atoms with Gasteiger partial charge in [0.05, 0.1) is 11.1 Å². The summed E-state index contributed by atoms with van der Waals surface area (Å²) in [5, 5.41) is 0. The summed E-state index contributed by atoms with van der Waals surface area (Å²) in [7, 11) is 0. The summed E-state index contributed by atoms with van der Waals surface area (Å²) < 4.78 is 8.07. The summed E-state index contributed by atoms with van der Waals surface area (Å²) in [5.74, 6) is 0.743. The molecule has 0 aliphatic heterocycles. The quantitative estimate of drug-likeness (QED) is 0.405. The molecular weight excluding hydrogens is 499 g/mol. The second-order valence-corrected chi connectivity index (χ2v) is 6.96. The highest BCUT2D eigenvalue weighted by Crippen LogP contribution is 2.28. The number of halogens is 3. The van der Waals surface area contributed by atoms with Crippen LogP contribution in [-0.2, 0) is 0 Å². The monoisotopic (exact) mass is 508 g/mol. The SMILES string of the molecule is CCOc1ccc(C(=O)c2cc(Br)ccc2I)cc1Br. The van der Waals surface area contributed by atoms with E-state index in [4.69, 9.17) is 4.74 Å². The standard InChI is InChI=1S/C15H11Br2IO2/c1-2-20-14-6-3-9(7-12(14)17)15(19)11-8-10(16)4-5-13(11)18/h3-8H,2H2,1H3. The number of hydrogen-bond donors (Lipinski definition) is 0. The van der Waals surface area contributed by atoms with Crippen LogP contribution in [0.25, 0.3) is 0 Å². The molecule has 20 heavy (non-hydrogen) atoms. The van der Waals surface area contributed by atoms with Gasteiger partial charge in [-0.25, -0.2) is 0 Å². The Bertz CT molecular complexity index is 656. The summed E-state index contributed by atoms with van der Waals surface area (Å²) in [6.45, 7) is 2.52. The van der Waals surface area contributed by atoms with Crippen LogP contribution >= 0.6 is 54.5 Å². The first-order valence-corrected chi connectivity index (χ1v) is 8.61. The van der Waals surface area contributed by atoms with Gasteiger partial charge in [0.15, 0.2) is 5.78 Å². The Labute approximate surface area is 148 Å². The summed E-state index contributed by atoms with van der Waals surface area (Å²) in [5.41, 5.74) is 1.33. The minimum absolute atomic E-state index is 0.000511. The van der Waals surface area contributed by atoms with E-state index in [-0.39, 0.29) is 5.78 Å². The van der Waals surface area contributed by atoms with Gasteiger partial charge >= 0.3 is 0 Å². The molecule has 2 aromatic carbocycles. The highest BCUT2D eigenvalue weighted by atomic mass is 127. The zero-order valence-corrected chi connectivity index (χ0v) is 16.0. The van der Waals surface area contributed by atoms with Gasteiger partial charge in [0.2, 0.25) is 0 Å². The fraction of sp³-hybridized carbons (Fsp3) is 0.133. The van der Waals surface area contributed by atoms with Crippen molar-refractivity contribution in [2.24, 2.45) is 0 Å². The third-order valence-corrected chi connectivity index (χ3v) is 4.72. The molecule has 0 spiro atoms. The van der Waals surface area contributed by atoms with E-state index in [1.165, 1.54) is 0 Å². The van der Waals surface area contributed by atoms with Gasteiger partial charge in [0, 0.05) is 19.2 Å². The topological polar surface area (TPSA) is 26.3 Å². The zero-order chi connectivity index (χ0) is 14.7. The molecule has 5 heteroatoms. The molecule has 0 heterocycles. The van der Waals surface area contributed by atoms with Crippen molar-refractivity contribution in [1.82, 2.24) is 0 Å². The van der Waals surface area contributed by atoms with Gasteiger partial charge in [-0.15, -0.1) is 0 Å². The van der Waals surface area contributed by atoms with Crippen molar-refractivity contribution in [2.45, 2.75) is 6.92 Å². The molecule has 0 aliphatic carbocycles. The molecule has 2 nitrogen and oxygen atoms in total. The molecule has 0 fully saturated rings. The Balaban J connectivity index is 2.38. The van der Waals surface area contributed by atoms with Crippen molar-refractivity contribution < 1.29 is 9.53 Å². The van der Waals surface area contributed by atoms with Crippen LogP contribution < -0.4 is 4.74 Å². The van der Waals surface area contributed by atoms with Crippen molar-refractivity contribution in [2.75, 3.05) is 6.61 Å². The van der Waals surface area contributed by atoms with Crippen LogP contribution in [-0.4, -0.2) is 12.4 Å². The summed E-state index contributed by atoms with van der Waals surface area (Å²) in [4.78, 5) is 12.6. The average Bonchev–Trinajstić information content (AvgIpc) is 2.43. The highest BCUT2D eigenvalue weighted by molar-refractivity contribution is 14.1. The molecule has 104 valence electrons. The van der Waals surface area contributed by atoms with E-state index in [1.807, 2.05) is 31.2 Å². The fourth-order valence-corrected chi connectivity index (χ4v) is 3.18. The number of ether oxygens (including phenoxy) is 1. The molecule has 0 radical (unpaired) electrons. The van der Waals surface area contributed by atoms with Crippen LogP contribution in [0.1, 0.15) is 22.8 Å². The second kappa shape index (κ2) is 7.04. The molecule has 0 saturated carbocycles. The molecular formula is C15H11Br2IO2. The maximum absolute atomic E-state index is 12.6. The van der Waals surface area contributed by atoms with Crippen molar-refractivity contribution in [3.8, 4) is 5.75 Å². The third-order valence-electron chi connectivity index (χ3n) is 2.67. The first-order chi connectivity index (χ1) is 9.52. The van der Waals surface area contributed by atoms with Gasteiger partial charge in [-0.2, -0.15) is 0 Å². The van der Waals surface area contributed by atoms with Crippen molar-refractivity contribution in [3.63, 3.8) is 0 Å². The predicted octanol–water partition coefficient (Wildman–Crippen LogP) is 5.45. The van der Waals surface area contributed by atoms with Gasteiger partial charge in [-0.1, -0.05) is 15.9 Å². The van der Waals surface area contributed by atoms with Gasteiger partial charge in [-0.3, -0.25) is 4.79 Å². The Hall–Kier alpha value is -0.400. The number of benzene rings is 2. The Morgan fingerprint density at radius 2 is 1.95 bits per heavy atom. The Morgan fingerprint density at radius 1 is 1.20 bits per heavy atom. The van der Waals surface area contributed by atoms with E-state index in [0.717, 1.165) is 18.3 Å². The van der Waals surface area contributed by atoms with Crippen LogP contribution in [0.5, 0.6) is 5.75 Å². The molecule has 2 aromatic rings. The first-order valence-electron chi connectivity index (χ1n) is 5.95. The van der Waals surface area contributed by atoms with E-state index in [1.54, 1.807) is 12.1 Å². The molecule has 2 rings (SSSR count). The summed E-state index contributed by atoms with van der Waals surface area (Å²) >= 11 is 9.00. The van der Waals surface area contributed by atoms with Crippen LogP contribution in [0, 0.1) is 3.57 Å². The normalized spacial score (nSPS) is 10.4. The zero-order valence-electron chi connectivity index (χ0n) is 10.6. The van der Waals surface area contributed by atoms with E-state index in [2.05, 4.69) is 54.5 Å². The minimum atomic E-state index is -0.000511. The van der Waals surface area contributed by atoms with E-state index >= 15 is 0 Å². The van der Waals surface area contributed by atoms with Crippen molar-refractivity contribution in [1.29, 1.82) is 0 Å². The lowest BCUT2D eigenvalue weighted by Crippen LogP contribution is -2.04. The number of rotatable bonds is 4. The first kappa shape index (κ1) is 16.0. The predicted molar refractivity (Wildman–Crippen MR) is 95.6 cm³/mol. The lowest BCUT2D eigenvalue weighted by molar-refractivity contribution is 0.103. The molecule has 0 bridgehead atoms. The van der Waals surface area contributed by atoms with Crippen molar-refractivity contribution >= 4 is 60.2 Å². The molecule has 0 saturated heterocycles. The van der Waals surface area contributed by atoms with Crippen LogP contribution in [0.15, 0.2) is 45.3 Å². The molecule has 0 amide bonds. The summed E-state index contributed by atoms with van der Waals surface area (Å²) in [6, 6.07) is 11.1. The maximum Gasteiger partial charge on any atom is 0.194 e. The number of carbonyl (C=O) groups excluding carboxylic acids is 1. The van der Waals surface area contributed by atoms with E-state index in [9.17, 15) is 4.79 Å². The number of carbonyl (C=O) groups is 1. The van der Waals surface area contributed by atoms with Gasteiger partial charge in [-0.05, 0) is 81.8 Å². The Morgan fingerprint density at radius 3 is 2.60 bits per heavy atom. The fourth-order valence-electron chi connectivity index (χ4n) is 1.74. The van der Waals surface area contributed by atoms with Gasteiger partial charge < -0.3 is 4.74 Å². The van der Waals surface area contributed by atoms with Crippen LogP contribution in [0.3, 0.4) is 0 Å². The highest BCUT2D eigenvalue weighted by Gasteiger charge is 2.14. The maximum atomic E-state index is 12.6. The van der Waals surface area contributed by atoms with Crippen LogP contribution in [0.2, 0.25) is 0 Å². The van der Waals surface area contributed by atoms with E-state index < -0.39 is 0 Å². The van der Waals surface area contributed by atoms with Crippen molar-refractivity contribution in [3.05, 3.63) is 60.0 Å². The number of ketones is 1. The minimum Gasteiger partial charge on any atom is -0.493 e. The second-order valence-electron chi connectivity index (χ2n) is 4.03. The Kier molecular flexibility index (Phi) is 5.63. The van der Waals surface area contributed by atoms with Gasteiger partial charge in [0.1, 0.15) is 5.75 Å². The van der Waals surface area contributed by atoms with E-state index in [0.29, 0.717) is 17.7 Å². The molecule has 0 aromatic heterocycles. The lowest BCUT2D eigenvalue weighted by atomic mass is 10.0. The molecule has 0 aliphatic rings. The molecule has 0 unspecified atom stereocenters. The lowest BCUT2D eigenvalue weighted by Gasteiger charge is -2.09. The van der Waals surface area contributed by atoms with Gasteiger partial charge in [0.25, 0.3) is 0 Å². The largest absolute Gasteiger partial charge is 0.493 e. The molecule has 0 atom stereocenters. The smallest absolute Gasteiger partial charge is 0.194 e.